The van der Waals surface area contributed by atoms with Crippen LogP contribution in [0.5, 0.6) is 0 Å². The van der Waals surface area contributed by atoms with Gasteiger partial charge in [-0.25, -0.2) is 13.6 Å². The van der Waals surface area contributed by atoms with E-state index in [9.17, 15) is 8.42 Å². The minimum Gasteiger partial charge on any atom is -0.225 e. The largest absolute Gasteiger partial charge is 0.239 e. The molecule has 0 saturated heterocycles. The summed E-state index contributed by atoms with van der Waals surface area (Å²) < 4.78 is 24.9. The molecule has 3 rings (SSSR count). The van der Waals surface area contributed by atoms with Gasteiger partial charge in [-0.1, -0.05) is 103 Å². The molecule has 0 saturated carbocycles. The maximum atomic E-state index is 12.4. The van der Waals surface area contributed by atoms with Crippen molar-refractivity contribution >= 4 is 26.6 Å². The molecule has 0 bridgehead atoms. The van der Waals surface area contributed by atoms with Crippen LogP contribution in [0.1, 0.15) is 16.7 Å². The van der Waals surface area contributed by atoms with Crippen molar-refractivity contribution in [2.45, 2.75) is 0 Å². The first kappa shape index (κ1) is 17.9. The molecule has 0 aliphatic carbocycles. The van der Waals surface area contributed by atoms with Crippen molar-refractivity contribution in [2.24, 2.45) is 5.14 Å². The Labute approximate surface area is 154 Å². The molecule has 0 aliphatic heterocycles. The van der Waals surface area contributed by atoms with Gasteiger partial charge >= 0.3 is 0 Å². The molecule has 3 aromatic rings. The van der Waals surface area contributed by atoms with Crippen LogP contribution in [-0.4, -0.2) is 8.42 Å². The van der Waals surface area contributed by atoms with E-state index in [1.165, 1.54) is 0 Å². The average molecular weight is 361 g/mol. The van der Waals surface area contributed by atoms with Gasteiger partial charge in [0, 0.05) is 5.57 Å². The first-order chi connectivity index (χ1) is 12.6. The highest BCUT2D eigenvalue weighted by Crippen LogP contribution is 2.31. The first-order valence-electron chi connectivity index (χ1n) is 8.17. The lowest BCUT2D eigenvalue weighted by atomic mass is 10.0. The van der Waals surface area contributed by atoms with Crippen molar-refractivity contribution in [3.05, 3.63) is 114 Å². The number of nitrogens with two attached hydrogens (primary N) is 1. The molecule has 0 unspecified atom stereocenters. The van der Waals surface area contributed by atoms with Gasteiger partial charge in [0.25, 0.3) is 0 Å². The quantitative estimate of drug-likeness (QED) is 0.535. The van der Waals surface area contributed by atoms with E-state index in [0.717, 1.165) is 11.1 Å². The van der Waals surface area contributed by atoms with Crippen molar-refractivity contribution < 1.29 is 8.42 Å². The molecule has 0 aliphatic rings. The number of sulfonamides is 1. The predicted octanol–water partition coefficient (Wildman–Crippen LogP) is 4.56. The highest BCUT2D eigenvalue weighted by atomic mass is 32.2. The molecule has 3 nitrogen and oxygen atoms in total. The zero-order chi connectivity index (χ0) is 18.4. The lowest BCUT2D eigenvalue weighted by Crippen LogP contribution is -2.15. The van der Waals surface area contributed by atoms with Crippen LogP contribution < -0.4 is 5.14 Å². The molecule has 0 spiro atoms. The van der Waals surface area contributed by atoms with Gasteiger partial charge in [0.2, 0.25) is 10.0 Å². The molecule has 4 heteroatoms. The molecule has 0 atom stereocenters. The van der Waals surface area contributed by atoms with Crippen LogP contribution in [0.3, 0.4) is 0 Å². The second-order valence-corrected chi connectivity index (χ2v) is 7.26. The Morgan fingerprint density at radius 1 is 0.692 bits per heavy atom. The number of primary sulfonamides is 1. The normalized spacial score (nSPS) is 12.8. The molecular weight excluding hydrogens is 342 g/mol. The van der Waals surface area contributed by atoms with E-state index in [1.54, 1.807) is 30.3 Å². The molecule has 0 heterocycles. The minimum atomic E-state index is -3.94. The van der Waals surface area contributed by atoms with Gasteiger partial charge in [-0.3, -0.25) is 0 Å². The maximum absolute atomic E-state index is 12.4. The summed E-state index contributed by atoms with van der Waals surface area (Å²) in [7, 11) is -3.94. The van der Waals surface area contributed by atoms with Gasteiger partial charge in [0.05, 0.1) is 4.91 Å². The van der Waals surface area contributed by atoms with E-state index in [-0.39, 0.29) is 4.91 Å². The zero-order valence-corrected chi connectivity index (χ0v) is 14.9. The monoisotopic (exact) mass is 361 g/mol. The molecule has 0 amide bonds. The Bertz CT molecular complexity index is 1020. The summed E-state index contributed by atoms with van der Waals surface area (Å²) >= 11 is 0. The Morgan fingerprint density at radius 2 is 1.15 bits per heavy atom. The number of hydrogen-bond donors (Lipinski definition) is 1. The average Bonchev–Trinajstić information content (AvgIpc) is 2.66. The fourth-order valence-electron chi connectivity index (χ4n) is 2.73. The number of rotatable bonds is 5. The molecule has 0 fully saturated rings. The summed E-state index contributed by atoms with van der Waals surface area (Å²) in [6, 6.07) is 28.0. The summed E-state index contributed by atoms with van der Waals surface area (Å²) in [6.07, 6.45) is 3.69. The van der Waals surface area contributed by atoms with Crippen LogP contribution in [0.2, 0.25) is 0 Å². The van der Waals surface area contributed by atoms with Gasteiger partial charge < -0.3 is 0 Å². The Hall–Kier alpha value is -2.95. The molecule has 0 aromatic heterocycles. The van der Waals surface area contributed by atoms with Crippen molar-refractivity contribution in [1.82, 2.24) is 0 Å². The lowest BCUT2D eigenvalue weighted by Gasteiger charge is -2.12. The number of allylic oxidation sites excluding steroid dienone is 2. The van der Waals surface area contributed by atoms with Gasteiger partial charge in [0.1, 0.15) is 0 Å². The van der Waals surface area contributed by atoms with Gasteiger partial charge in [0.15, 0.2) is 0 Å². The Balaban J connectivity index is 2.26. The SMILES string of the molecule is NS(=O)(=O)C(=C(C=Cc1ccccc1)c1ccccc1)c1ccccc1. The molecule has 0 radical (unpaired) electrons. The zero-order valence-electron chi connectivity index (χ0n) is 14.1. The maximum Gasteiger partial charge on any atom is 0.239 e. The van der Waals surface area contributed by atoms with Crippen molar-refractivity contribution in [3.8, 4) is 0 Å². The third-order valence-electron chi connectivity index (χ3n) is 3.89. The van der Waals surface area contributed by atoms with E-state index >= 15 is 0 Å². The van der Waals surface area contributed by atoms with E-state index in [4.69, 9.17) is 5.14 Å². The smallest absolute Gasteiger partial charge is 0.225 e. The third-order valence-corrected chi connectivity index (χ3v) is 4.92. The second kappa shape index (κ2) is 7.95. The minimum absolute atomic E-state index is 0.108. The Morgan fingerprint density at radius 3 is 1.65 bits per heavy atom. The second-order valence-electron chi connectivity index (χ2n) is 5.76. The fourth-order valence-corrected chi connectivity index (χ4v) is 3.68. The van der Waals surface area contributed by atoms with Crippen molar-refractivity contribution in [3.63, 3.8) is 0 Å². The van der Waals surface area contributed by atoms with E-state index in [1.807, 2.05) is 72.8 Å². The first-order valence-corrected chi connectivity index (χ1v) is 9.71. The van der Waals surface area contributed by atoms with Crippen LogP contribution in [0.15, 0.2) is 97.1 Å². The number of hydrogen-bond acceptors (Lipinski definition) is 2. The Kier molecular flexibility index (Phi) is 5.46. The molecular formula is C22H19NO2S. The lowest BCUT2D eigenvalue weighted by molar-refractivity contribution is 0.607. The van der Waals surface area contributed by atoms with E-state index < -0.39 is 10.0 Å². The summed E-state index contributed by atoms with van der Waals surface area (Å²) in [6.45, 7) is 0. The van der Waals surface area contributed by atoms with Crippen LogP contribution in [-0.2, 0) is 10.0 Å². The van der Waals surface area contributed by atoms with Gasteiger partial charge in [-0.05, 0) is 16.7 Å². The van der Waals surface area contributed by atoms with Crippen LogP contribution in [0.4, 0.5) is 0 Å². The fraction of sp³-hybridized carbons (Fsp3) is 0. The van der Waals surface area contributed by atoms with Crippen LogP contribution in [0, 0.1) is 0 Å². The molecule has 3 aromatic carbocycles. The summed E-state index contributed by atoms with van der Waals surface area (Å²) in [5.74, 6) is 0. The molecule has 26 heavy (non-hydrogen) atoms. The van der Waals surface area contributed by atoms with Crippen LogP contribution in [0.25, 0.3) is 16.6 Å². The standard InChI is InChI=1S/C22H19NO2S/c23-26(24,25)22(20-14-8-3-9-15-20)21(19-12-6-2-7-13-19)17-16-18-10-4-1-5-11-18/h1-17H,(H2,23,24,25). The van der Waals surface area contributed by atoms with Crippen molar-refractivity contribution in [1.29, 1.82) is 0 Å². The van der Waals surface area contributed by atoms with E-state index in [2.05, 4.69) is 0 Å². The van der Waals surface area contributed by atoms with Crippen LogP contribution >= 0.6 is 0 Å². The summed E-state index contributed by atoms with van der Waals surface area (Å²) in [4.78, 5) is 0.108. The summed E-state index contributed by atoms with van der Waals surface area (Å²) in [5.41, 5.74) is 2.88. The number of benzene rings is 3. The highest BCUT2D eigenvalue weighted by Gasteiger charge is 2.20. The summed E-state index contributed by atoms with van der Waals surface area (Å²) in [5, 5.41) is 5.60. The predicted molar refractivity (Wildman–Crippen MR) is 108 cm³/mol. The topological polar surface area (TPSA) is 60.2 Å². The third kappa shape index (κ3) is 4.36. The highest BCUT2D eigenvalue weighted by molar-refractivity contribution is 7.98. The van der Waals surface area contributed by atoms with Gasteiger partial charge in [-0.2, -0.15) is 0 Å². The van der Waals surface area contributed by atoms with Crippen molar-refractivity contribution in [2.75, 3.05) is 0 Å². The molecule has 2 N–H and O–H groups in total. The van der Waals surface area contributed by atoms with E-state index in [0.29, 0.717) is 11.1 Å². The molecule has 130 valence electrons. The van der Waals surface area contributed by atoms with Gasteiger partial charge in [-0.15, -0.1) is 0 Å².